The van der Waals surface area contributed by atoms with Gasteiger partial charge in [-0.05, 0) is 6.07 Å². The summed E-state index contributed by atoms with van der Waals surface area (Å²) in [5.74, 6) is -2.76. The summed E-state index contributed by atoms with van der Waals surface area (Å²) >= 11 is 0. The molecular weight excluding hydrogens is 295 g/mol. The number of aromatic nitrogens is 3. The van der Waals surface area contributed by atoms with Crippen LogP contribution in [0, 0.1) is 0 Å². The first kappa shape index (κ1) is 14.5. The van der Waals surface area contributed by atoms with E-state index in [1.165, 1.54) is 21.1 Å². The Balaban J connectivity index is 0.000000199. The molecule has 0 saturated carbocycles. The first-order valence-corrected chi connectivity index (χ1v) is 5.33. The third kappa shape index (κ3) is 2.68. The fraction of sp³-hybridized carbons (Fsp3) is 0.0909. The molecule has 0 spiro atoms. The molecule has 3 heterocycles. The molecule has 0 radical (unpaired) electrons. The normalized spacial score (nSPS) is 11.4. The average Bonchev–Trinajstić information content (AvgIpc) is 2.83. The zero-order valence-electron chi connectivity index (χ0n) is 10.0. The minimum absolute atomic E-state index is 0.160. The summed E-state index contributed by atoms with van der Waals surface area (Å²) in [7, 11) is 0. The van der Waals surface area contributed by atoms with Crippen LogP contribution in [0.15, 0.2) is 40.3 Å². The van der Waals surface area contributed by atoms with E-state index < -0.39 is 12.1 Å². The number of imidazole rings is 1. The molecule has 0 aliphatic heterocycles. The predicted molar refractivity (Wildman–Crippen MR) is 63.6 cm³/mol. The average molecular weight is 301 g/mol. The second kappa shape index (κ2) is 4.89. The summed E-state index contributed by atoms with van der Waals surface area (Å²) in [6.45, 7) is 0. The molecule has 1 N–H and O–H groups in total. The highest BCUT2D eigenvalue weighted by molar-refractivity contribution is 5.73. The molecule has 0 aliphatic rings. The van der Waals surface area contributed by atoms with E-state index in [0.717, 1.165) is 0 Å². The molecule has 110 valence electrons. The maximum atomic E-state index is 11.4. The zero-order chi connectivity index (χ0) is 15.8. The van der Waals surface area contributed by atoms with Gasteiger partial charge in [-0.1, -0.05) is 0 Å². The molecule has 0 fully saturated rings. The highest BCUT2D eigenvalue weighted by atomic mass is 19.4. The molecule has 0 bridgehead atoms. The highest BCUT2D eigenvalue weighted by Gasteiger charge is 2.38. The summed E-state index contributed by atoms with van der Waals surface area (Å²) in [6, 6.07) is 3.04. The number of alkyl halides is 3. The molecule has 0 aromatic carbocycles. The van der Waals surface area contributed by atoms with Gasteiger partial charge in [0.1, 0.15) is 5.52 Å². The Hall–Kier alpha value is -2.91. The molecule has 0 amide bonds. The number of carboxylic acid groups (broad SMARTS) is 1. The van der Waals surface area contributed by atoms with Crippen LogP contribution in [0.4, 0.5) is 13.2 Å². The van der Waals surface area contributed by atoms with Gasteiger partial charge in [-0.2, -0.15) is 13.2 Å². The number of hydrogen-bond donors (Lipinski definition) is 1. The van der Waals surface area contributed by atoms with E-state index in [9.17, 15) is 22.8 Å². The molecule has 3 rings (SSSR count). The van der Waals surface area contributed by atoms with Crippen molar-refractivity contribution in [3.63, 3.8) is 0 Å². The van der Waals surface area contributed by atoms with Gasteiger partial charge in [-0.25, -0.2) is 9.78 Å². The van der Waals surface area contributed by atoms with Gasteiger partial charge in [0.25, 0.3) is 11.1 Å². The van der Waals surface area contributed by atoms with Gasteiger partial charge in [0.05, 0.1) is 6.20 Å². The second-order valence-electron chi connectivity index (χ2n) is 3.82. The Morgan fingerprint density at radius 2 is 1.62 bits per heavy atom. The number of nitrogens with zero attached hydrogens (tertiary/aromatic N) is 3. The van der Waals surface area contributed by atoms with Crippen molar-refractivity contribution in [2.24, 2.45) is 0 Å². The molecule has 0 aliphatic carbocycles. The van der Waals surface area contributed by atoms with Crippen molar-refractivity contribution >= 4 is 17.1 Å². The van der Waals surface area contributed by atoms with Gasteiger partial charge in [0, 0.05) is 18.5 Å². The molecule has 21 heavy (non-hydrogen) atoms. The van der Waals surface area contributed by atoms with Crippen molar-refractivity contribution in [3.05, 3.63) is 51.4 Å². The van der Waals surface area contributed by atoms with Gasteiger partial charge >= 0.3 is 12.1 Å². The number of carbonyl (C=O) groups is 1. The van der Waals surface area contributed by atoms with Crippen LogP contribution in [-0.4, -0.2) is 31.0 Å². The lowest BCUT2D eigenvalue weighted by Gasteiger charge is -1.97. The standard InChI is InChI=1S/C9H5N3O2.C2HF3O2/c13-7-2-1-6-9-11(7)3-4-12(9)8(14)5-10-6;3-2(4,5)1(6)7/h1-5H;(H,6,7). The van der Waals surface area contributed by atoms with E-state index >= 15 is 0 Å². The predicted octanol–water partition coefficient (Wildman–Crippen LogP) is 0.378. The number of carboxylic acids is 1. The van der Waals surface area contributed by atoms with Crippen LogP contribution in [0.5, 0.6) is 0 Å². The Morgan fingerprint density at radius 3 is 2.14 bits per heavy atom. The highest BCUT2D eigenvalue weighted by Crippen LogP contribution is 2.13. The van der Waals surface area contributed by atoms with Gasteiger partial charge in [-0.3, -0.25) is 18.4 Å². The smallest absolute Gasteiger partial charge is 0.475 e. The summed E-state index contributed by atoms with van der Waals surface area (Å²) in [5.41, 5.74) is 0.775. The van der Waals surface area contributed by atoms with Crippen LogP contribution in [0.3, 0.4) is 0 Å². The lowest BCUT2D eigenvalue weighted by atomic mass is 10.4. The maximum absolute atomic E-state index is 11.4. The quantitative estimate of drug-likeness (QED) is 0.648. The lowest BCUT2D eigenvalue weighted by Crippen LogP contribution is -2.21. The third-order valence-electron chi connectivity index (χ3n) is 2.47. The van der Waals surface area contributed by atoms with Crippen LogP contribution in [0.2, 0.25) is 0 Å². The summed E-state index contributed by atoms with van der Waals surface area (Å²) in [4.78, 5) is 35.6. The van der Waals surface area contributed by atoms with E-state index in [1.54, 1.807) is 18.5 Å². The van der Waals surface area contributed by atoms with Gasteiger partial charge in [0.2, 0.25) is 0 Å². The Labute approximate surface area is 112 Å². The van der Waals surface area contributed by atoms with E-state index in [-0.39, 0.29) is 11.1 Å². The van der Waals surface area contributed by atoms with Crippen molar-refractivity contribution in [2.75, 3.05) is 0 Å². The van der Waals surface area contributed by atoms with Crippen molar-refractivity contribution in [3.8, 4) is 0 Å². The number of rotatable bonds is 0. The van der Waals surface area contributed by atoms with Crippen LogP contribution in [0.25, 0.3) is 11.2 Å². The molecule has 10 heteroatoms. The number of halogens is 3. The molecule has 7 nitrogen and oxygen atoms in total. The van der Waals surface area contributed by atoms with Crippen molar-refractivity contribution in [2.45, 2.75) is 6.18 Å². The fourth-order valence-corrected chi connectivity index (χ4v) is 1.59. The Kier molecular flexibility index (Phi) is 3.37. The number of aliphatic carboxylic acids is 1. The minimum atomic E-state index is -5.08. The maximum Gasteiger partial charge on any atom is 0.490 e. The molecule has 0 unspecified atom stereocenters. The minimum Gasteiger partial charge on any atom is -0.475 e. The third-order valence-corrected chi connectivity index (χ3v) is 2.47. The van der Waals surface area contributed by atoms with E-state index in [2.05, 4.69) is 4.98 Å². The largest absolute Gasteiger partial charge is 0.490 e. The molecule has 0 atom stereocenters. The number of hydrogen-bond acceptors (Lipinski definition) is 4. The Bertz CT molecular complexity index is 853. The van der Waals surface area contributed by atoms with Crippen molar-refractivity contribution in [1.82, 2.24) is 13.8 Å². The zero-order valence-corrected chi connectivity index (χ0v) is 10.0. The van der Waals surface area contributed by atoms with Crippen LogP contribution < -0.4 is 11.1 Å². The van der Waals surface area contributed by atoms with Gasteiger partial charge in [-0.15, -0.1) is 0 Å². The molecule has 3 aromatic rings. The van der Waals surface area contributed by atoms with Crippen LogP contribution in [-0.2, 0) is 4.79 Å². The number of pyridine rings is 1. The molecule has 3 aromatic heterocycles. The van der Waals surface area contributed by atoms with Crippen molar-refractivity contribution < 1.29 is 23.1 Å². The van der Waals surface area contributed by atoms with Crippen LogP contribution >= 0.6 is 0 Å². The van der Waals surface area contributed by atoms with Gasteiger partial charge < -0.3 is 5.11 Å². The summed E-state index contributed by atoms with van der Waals surface area (Å²) in [6.07, 6.45) is -0.714. The van der Waals surface area contributed by atoms with Gasteiger partial charge in [0.15, 0.2) is 5.65 Å². The van der Waals surface area contributed by atoms with E-state index in [0.29, 0.717) is 11.2 Å². The topological polar surface area (TPSA) is 93.1 Å². The fourth-order valence-electron chi connectivity index (χ4n) is 1.59. The molecular formula is C11H6F3N3O4. The monoisotopic (exact) mass is 301 g/mol. The first-order chi connectivity index (χ1) is 9.71. The van der Waals surface area contributed by atoms with E-state index in [4.69, 9.17) is 9.90 Å². The molecule has 0 saturated heterocycles. The lowest BCUT2D eigenvalue weighted by molar-refractivity contribution is -0.192. The van der Waals surface area contributed by atoms with Crippen molar-refractivity contribution in [1.29, 1.82) is 0 Å². The first-order valence-electron chi connectivity index (χ1n) is 5.33. The van der Waals surface area contributed by atoms with Crippen LogP contribution in [0.1, 0.15) is 0 Å². The SMILES string of the molecule is O=C(O)C(F)(F)F.O=c1ccc2ncc(=O)n3ccn1c23. The summed E-state index contributed by atoms with van der Waals surface area (Å²) < 4.78 is 34.5. The van der Waals surface area contributed by atoms with E-state index in [1.807, 2.05) is 0 Å². The second-order valence-corrected chi connectivity index (χ2v) is 3.82. The Morgan fingerprint density at radius 1 is 1.10 bits per heavy atom. The summed E-state index contributed by atoms with van der Waals surface area (Å²) in [5, 5.41) is 7.12.